The van der Waals surface area contributed by atoms with Gasteiger partial charge in [-0.05, 0) is 51.6 Å². The Balaban J connectivity index is 1.26. The van der Waals surface area contributed by atoms with Crippen molar-refractivity contribution in [2.45, 2.75) is 17.9 Å². The van der Waals surface area contributed by atoms with E-state index in [0.29, 0.717) is 5.75 Å². The molecule has 1 amide bonds. The van der Waals surface area contributed by atoms with Gasteiger partial charge >= 0.3 is 6.09 Å². The summed E-state index contributed by atoms with van der Waals surface area (Å²) in [6.07, 6.45) is 0.498. The van der Waals surface area contributed by atoms with Crippen molar-refractivity contribution >= 4 is 16.9 Å². The van der Waals surface area contributed by atoms with E-state index in [0.717, 1.165) is 17.2 Å². The second kappa shape index (κ2) is 5.95. The molecule has 1 spiro atoms. The Kier molecular flexibility index (Phi) is 3.36. The molecule has 4 aromatic rings. The highest BCUT2D eigenvalue weighted by Crippen LogP contribution is 2.62. The molecule has 0 unspecified atom stereocenters. The summed E-state index contributed by atoms with van der Waals surface area (Å²) in [7, 11) is 0. The Bertz CT molecular complexity index is 1230. The van der Waals surface area contributed by atoms with Gasteiger partial charge in [-0.1, -0.05) is 78.9 Å². The summed E-state index contributed by atoms with van der Waals surface area (Å²) in [4.78, 5) is 12.6. The van der Waals surface area contributed by atoms with Crippen LogP contribution in [0.4, 0.5) is 4.79 Å². The van der Waals surface area contributed by atoms with Gasteiger partial charge in [0.2, 0.25) is 0 Å². The summed E-state index contributed by atoms with van der Waals surface area (Å²) >= 11 is 0. The van der Waals surface area contributed by atoms with E-state index in [2.05, 4.69) is 53.8 Å². The zero-order valence-corrected chi connectivity index (χ0v) is 15.8. The van der Waals surface area contributed by atoms with Gasteiger partial charge in [0, 0.05) is 11.5 Å². The number of carbonyl (C=O) groups is 1. The molecule has 1 saturated carbocycles. The van der Waals surface area contributed by atoms with E-state index in [1.165, 1.54) is 22.3 Å². The molecule has 1 fully saturated rings. The third-order valence-electron chi connectivity index (χ3n) is 6.29. The number of hydrogen-bond acceptors (Lipinski definition) is 2. The van der Waals surface area contributed by atoms with Crippen LogP contribution in [0.15, 0.2) is 91.0 Å². The number of benzene rings is 4. The van der Waals surface area contributed by atoms with Gasteiger partial charge in [0.05, 0.1) is 0 Å². The van der Waals surface area contributed by atoms with Crippen molar-refractivity contribution in [1.29, 1.82) is 0 Å². The van der Waals surface area contributed by atoms with E-state index in [9.17, 15) is 4.79 Å². The van der Waals surface area contributed by atoms with Crippen LogP contribution in [-0.2, 0) is 5.41 Å². The zero-order chi connectivity index (χ0) is 19.4. The van der Waals surface area contributed by atoms with E-state index in [4.69, 9.17) is 4.74 Å². The van der Waals surface area contributed by atoms with Crippen molar-refractivity contribution < 1.29 is 9.53 Å². The van der Waals surface area contributed by atoms with Crippen molar-refractivity contribution in [3.8, 4) is 16.9 Å². The molecular weight excluding hydrogens is 358 g/mol. The number of hydrogen-bond donors (Lipinski definition) is 1. The summed E-state index contributed by atoms with van der Waals surface area (Å²) in [5, 5.41) is 5.28. The predicted molar refractivity (Wildman–Crippen MR) is 114 cm³/mol. The minimum atomic E-state index is -0.399. The first-order valence-corrected chi connectivity index (χ1v) is 9.92. The average molecular weight is 377 g/mol. The molecule has 0 aromatic heterocycles. The summed E-state index contributed by atoms with van der Waals surface area (Å²) in [5.41, 5.74) is 5.02. The first-order valence-electron chi connectivity index (χ1n) is 9.92. The first kappa shape index (κ1) is 16.4. The van der Waals surface area contributed by atoms with Gasteiger partial charge in [0.15, 0.2) is 0 Å². The lowest BCUT2D eigenvalue weighted by molar-refractivity contribution is 0.199. The highest BCUT2D eigenvalue weighted by Gasteiger charge is 2.61. The maximum absolute atomic E-state index is 12.6. The van der Waals surface area contributed by atoms with E-state index >= 15 is 0 Å². The van der Waals surface area contributed by atoms with E-state index in [1.54, 1.807) is 0 Å². The lowest BCUT2D eigenvalue weighted by Gasteiger charge is -2.15. The second-order valence-corrected chi connectivity index (χ2v) is 7.86. The van der Waals surface area contributed by atoms with Crippen molar-refractivity contribution in [1.82, 2.24) is 5.32 Å². The maximum Gasteiger partial charge on any atom is 0.412 e. The van der Waals surface area contributed by atoms with Crippen LogP contribution in [0.1, 0.15) is 17.5 Å². The Morgan fingerprint density at radius 3 is 2.14 bits per heavy atom. The largest absolute Gasteiger partial charge is 0.412 e. The molecule has 1 N–H and O–H groups in total. The number of amides is 1. The normalized spacial score (nSPS) is 17.6. The fourth-order valence-corrected chi connectivity index (χ4v) is 4.90. The molecule has 3 nitrogen and oxygen atoms in total. The van der Waals surface area contributed by atoms with Gasteiger partial charge in [0.1, 0.15) is 5.75 Å². The highest BCUT2D eigenvalue weighted by molar-refractivity contribution is 5.86. The standard InChI is InChI=1S/C26H19NO2/c28-25(29-19-14-13-17-7-1-2-8-18(17)15-19)27-24-16-26(24)22-11-5-3-9-20(22)21-10-4-6-12-23(21)26/h1-15,24H,16H2,(H,27,28)/t24-/m0/s1. The summed E-state index contributed by atoms with van der Waals surface area (Å²) < 4.78 is 5.60. The second-order valence-electron chi connectivity index (χ2n) is 7.86. The maximum atomic E-state index is 12.6. The van der Waals surface area contributed by atoms with Crippen molar-refractivity contribution in [3.63, 3.8) is 0 Å². The fourth-order valence-electron chi connectivity index (χ4n) is 4.90. The molecule has 0 radical (unpaired) electrons. The third kappa shape index (κ3) is 2.40. The molecule has 0 aliphatic heterocycles. The van der Waals surface area contributed by atoms with Crippen molar-refractivity contribution in [2.24, 2.45) is 0 Å². The molecule has 2 aliphatic rings. The smallest absolute Gasteiger partial charge is 0.410 e. The van der Waals surface area contributed by atoms with Crippen LogP contribution < -0.4 is 10.1 Å². The lowest BCUT2D eigenvalue weighted by Crippen LogP contribution is -2.33. The zero-order valence-electron chi connectivity index (χ0n) is 15.8. The molecule has 1 atom stereocenters. The van der Waals surface area contributed by atoms with E-state index in [-0.39, 0.29) is 11.5 Å². The minimum Gasteiger partial charge on any atom is -0.410 e. The van der Waals surface area contributed by atoms with Crippen LogP contribution in [0.3, 0.4) is 0 Å². The van der Waals surface area contributed by atoms with E-state index < -0.39 is 6.09 Å². The van der Waals surface area contributed by atoms with Crippen LogP contribution in [0.2, 0.25) is 0 Å². The number of carbonyl (C=O) groups excluding carboxylic acids is 1. The van der Waals surface area contributed by atoms with Crippen molar-refractivity contribution in [2.75, 3.05) is 0 Å². The Hall–Kier alpha value is -3.59. The van der Waals surface area contributed by atoms with Gasteiger partial charge < -0.3 is 10.1 Å². The third-order valence-corrected chi connectivity index (χ3v) is 6.29. The quantitative estimate of drug-likeness (QED) is 0.489. The van der Waals surface area contributed by atoms with Gasteiger partial charge in [-0.2, -0.15) is 0 Å². The summed E-state index contributed by atoms with van der Waals surface area (Å²) in [6, 6.07) is 30.8. The molecule has 0 saturated heterocycles. The molecule has 4 aromatic carbocycles. The SMILES string of the molecule is O=C(N[C@H]1CC12c1ccccc1-c1ccccc12)Oc1ccc2ccccc2c1. The number of rotatable bonds is 2. The fraction of sp³-hybridized carbons (Fsp3) is 0.115. The van der Waals surface area contributed by atoms with Crippen LogP contribution in [0, 0.1) is 0 Å². The highest BCUT2D eigenvalue weighted by atomic mass is 16.6. The van der Waals surface area contributed by atoms with Gasteiger partial charge in [-0.3, -0.25) is 0 Å². The number of ether oxygens (including phenoxy) is 1. The Labute approximate surface area is 169 Å². The molecule has 2 aliphatic carbocycles. The lowest BCUT2D eigenvalue weighted by atomic mass is 9.93. The Morgan fingerprint density at radius 2 is 1.41 bits per heavy atom. The molecule has 6 rings (SSSR count). The van der Waals surface area contributed by atoms with Crippen molar-refractivity contribution in [3.05, 3.63) is 102 Å². The summed E-state index contributed by atoms with van der Waals surface area (Å²) in [5.74, 6) is 0.558. The average Bonchev–Trinajstić information content (AvgIpc) is 3.40. The minimum absolute atomic E-state index is 0.0419. The Morgan fingerprint density at radius 1 is 0.793 bits per heavy atom. The molecule has 0 bridgehead atoms. The van der Waals surface area contributed by atoms with Gasteiger partial charge in [0.25, 0.3) is 0 Å². The van der Waals surface area contributed by atoms with Gasteiger partial charge in [-0.25, -0.2) is 4.79 Å². The monoisotopic (exact) mass is 377 g/mol. The van der Waals surface area contributed by atoms with Crippen LogP contribution in [0.5, 0.6) is 5.75 Å². The molecule has 0 heterocycles. The van der Waals surface area contributed by atoms with Crippen LogP contribution in [0.25, 0.3) is 21.9 Å². The van der Waals surface area contributed by atoms with E-state index in [1.807, 2.05) is 42.5 Å². The molecule has 140 valence electrons. The van der Waals surface area contributed by atoms with Gasteiger partial charge in [-0.15, -0.1) is 0 Å². The molecular formula is C26H19NO2. The molecule has 29 heavy (non-hydrogen) atoms. The predicted octanol–water partition coefficient (Wildman–Crippen LogP) is 5.67. The van der Waals surface area contributed by atoms with Crippen LogP contribution >= 0.6 is 0 Å². The number of nitrogens with one attached hydrogen (secondary N) is 1. The number of fused-ring (bicyclic) bond motifs is 6. The van der Waals surface area contributed by atoms with Crippen LogP contribution in [-0.4, -0.2) is 12.1 Å². The molecule has 3 heteroatoms. The first-order chi connectivity index (χ1) is 14.3. The summed E-state index contributed by atoms with van der Waals surface area (Å²) in [6.45, 7) is 0. The topological polar surface area (TPSA) is 38.3 Å².